The summed E-state index contributed by atoms with van der Waals surface area (Å²) in [6, 6.07) is 0. The molecule has 1 rings (SSSR count). The van der Waals surface area contributed by atoms with Crippen molar-refractivity contribution in [1.29, 1.82) is 0 Å². The van der Waals surface area contributed by atoms with E-state index in [2.05, 4.69) is 41.0 Å². The van der Waals surface area contributed by atoms with E-state index in [9.17, 15) is 4.79 Å². The van der Waals surface area contributed by atoms with E-state index >= 15 is 0 Å². The highest BCUT2D eigenvalue weighted by Gasteiger charge is 2.03. The Bertz CT molecular complexity index is 360. The molecule has 18 heavy (non-hydrogen) atoms. The summed E-state index contributed by atoms with van der Waals surface area (Å²) >= 11 is 0. The lowest BCUT2D eigenvalue weighted by molar-refractivity contribution is -0.121. The summed E-state index contributed by atoms with van der Waals surface area (Å²) in [5.41, 5.74) is 0. The second kappa shape index (κ2) is 7.87. The molecule has 0 fully saturated rings. The van der Waals surface area contributed by atoms with Crippen LogP contribution in [0.2, 0.25) is 0 Å². The van der Waals surface area contributed by atoms with Gasteiger partial charge in [-0.2, -0.15) is 0 Å². The monoisotopic (exact) mass is 252 g/mol. The number of nitrogens with zero attached hydrogens (tertiary/aromatic N) is 2. The minimum Gasteiger partial charge on any atom is -0.356 e. The first-order valence-electron chi connectivity index (χ1n) is 6.61. The molecular weight excluding hydrogens is 228 g/mol. The van der Waals surface area contributed by atoms with Gasteiger partial charge in [0.2, 0.25) is 5.91 Å². The van der Waals surface area contributed by atoms with Gasteiger partial charge in [-0.15, -0.1) is 0 Å². The Labute approximate surface area is 109 Å². The van der Waals surface area contributed by atoms with Gasteiger partial charge in [-0.25, -0.2) is 4.98 Å². The minimum absolute atomic E-state index is 0.107. The fraction of sp³-hybridized carbons (Fsp3) is 0.692. The van der Waals surface area contributed by atoms with Gasteiger partial charge in [-0.05, 0) is 12.8 Å². The Kier molecular flexibility index (Phi) is 6.43. The van der Waals surface area contributed by atoms with E-state index in [1.165, 1.54) is 0 Å². The average Bonchev–Trinajstić information content (AvgIpc) is 2.79. The standard InChI is InChI=1S/C13H24N4O/c1-4-17-8-7-15-12(17)10-14-6-5-13(18)16-9-11(2)3/h7-8,11,14H,4-6,9-10H2,1-3H3,(H,16,18). The molecule has 1 aromatic heterocycles. The summed E-state index contributed by atoms with van der Waals surface area (Å²) in [6.45, 7) is 9.32. The number of hydrogen-bond acceptors (Lipinski definition) is 3. The molecule has 2 N–H and O–H groups in total. The van der Waals surface area contributed by atoms with Crippen LogP contribution >= 0.6 is 0 Å². The van der Waals surface area contributed by atoms with Crippen LogP contribution in [0.5, 0.6) is 0 Å². The minimum atomic E-state index is 0.107. The van der Waals surface area contributed by atoms with Crippen LogP contribution in [0.3, 0.4) is 0 Å². The molecule has 5 nitrogen and oxygen atoms in total. The number of aryl methyl sites for hydroxylation is 1. The van der Waals surface area contributed by atoms with Gasteiger partial charge >= 0.3 is 0 Å². The zero-order valence-corrected chi connectivity index (χ0v) is 11.6. The fourth-order valence-electron chi connectivity index (χ4n) is 1.60. The van der Waals surface area contributed by atoms with Crippen molar-refractivity contribution in [3.05, 3.63) is 18.2 Å². The van der Waals surface area contributed by atoms with Crippen molar-refractivity contribution in [2.45, 2.75) is 40.3 Å². The zero-order chi connectivity index (χ0) is 13.4. The highest BCUT2D eigenvalue weighted by Crippen LogP contribution is 1.96. The average molecular weight is 252 g/mol. The van der Waals surface area contributed by atoms with Crippen LogP contribution in [0.4, 0.5) is 0 Å². The third-order valence-corrected chi connectivity index (χ3v) is 2.66. The van der Waals surface area contributed by atoms with Gasteiger partial charge in [0.1, 0.15) is 5.82 Å². The molecular formula is C13H24N4O. The molecule has 0 aliphatic rings. The van der Waals surface area contributed by atoms with Crippen molar-refractivity contribution in [3.8, 4) is 0 Å². The van der Waals surface area contributed by atoms with Crippen molar-refractivity contribution in [1.82, 2.24) is 20.2 Å². The summed E-state index contributed by atoms with van der Waals surface area (Å²) in [4.78, 5) is 15.7. The van der Waals surface area contributed by atoms with E-state index in [1.54, 1.807) is 6.20 Å². The smallest absolute Gasteiger partial charge is 0.221 e. The quantitative estimate of drug-likeness (QED) is 0.682. The van der Waals surface area contributed by atoms with E-state index in [0.717, 1.165) is 18.9 Å². The Morgan fingerprint density at radius 3 is 2.94 bits per heavy atom. The maximum atomic E-state index is 11.5. The van der Waals surface area contributed by atoms with Crippen molar-refractivity contribution in [3.63, 3.8) is 0 Å². The fourth-order valence-corrected chi connectivity index (χ4v) is 1.60. The molecule has 0 saturated heterocycles. The van der Waals surface area contributed by atoms with Gasteiger partial charge in [0.05, 0.1) is 6.54 Å². The number of carbonyl (C=O) groups is 1. The molecule has 0 aromatic carbocycles. The highest BCUT2D eigenvalue weighted by atomic mass is 16.1. The lowest BCUT2D eigenvalue weighted by Gasteiger charge is -2.08. The van der Waals surface area contributed by atoms with Crippen molar-refractivity contribution in [2.24, 2.45) is 5.92 Å². The van der Waals surface area contributed by atoms with Crippen molar-refractivity contribution >= 4 is 5.91 Å². The topological polar surface area (TPSA) is 59.0 Å². The SMILES string of the molecule is CCn1ccnc1CNCCC(=O)NCC(C)C. The maximum Gasteiger partial charge on any atom is 0.221 e. The number of hydrogen-bond donors (Lipinski definition) is 2. The lowest BCUT2D eigenvalue weighted by atomic mass is 10.2. The number of imidazole rings is 1. The zero-order valence-electron chi connectivity index (χ0n) is 11.6. The second-order valence-corrected chi connectivity index (χ2v) is 4.75. The summed E-state index contributed by atoms with van der Waals surface area (Å²) in [5, 5.41) is 6.14. The predicted molar refractivity (Wildman–Crippen MR) is 72.1 cm³/mol. The normalized spacial score (nSPS) is 10.9. The number of nitrogens with one attached hydrogen (secondary N) is 2. The molecule has 1 amide bonds. The van der Waals surface area contributed by atoms with E-state index in [-0.39, 0.29) is 5.91 Å². The first-order chi connectivity index (χ1) is 8.63. The first kappa shape index (κ1) is 14.7. The van der Waals surface area contributed by atoms with Crippen LogP contribution in [-0.4, -0.2) is 28.5 Å². The molecule has 0 bridgehead atoms. The Morgan fingerprint density at radius 2 is 2.28 bits per heavy atom. The molecule has 0 aliphatic heterocycles. The van der Waals surface area contributed by atoms with E-state index < -0.39 is 0 Å². The van der Waals surface area contributed by atoms with Gasteiger partial charge in [-0.1, -0.05) is 13.8 Å². The molecule has 0 aliphatic carbocycles. The van der Waals surface area contributed by atoms with Crippen molar-refractivity contribution < 1.29 is 4.79 Å². The number of aromatic nitrogens is 2. The second-order valence-electron chi connectivity index (χ2n) is 4.75. The van der Waals surface area contributed by atoms with Gasteiger partial charge in [-0.3, -0.25) is 4.79 Å². The number of rotatable bonds is 8. The van der Waals surface area contributed by atoms with Crippen LogP contribution < -0.4 is 10.6 Å². The lowest BCUT2D eigenvalue weighted by Crippen LogP contribution is -2.30. The van der Waals surface area contributed by atoms with Crippen LogP contribution in [0.25, 0.3) is 0 Å². The third kappa shape index (κ3) is 5.31. The molecule has 0 radical (unpaired) electrons. The number of carbonyl (C=O) groups excluding carboxylic acids is 1. The predicted octanol–water partition coefficient (Wildman–Crippen LogP) is 1.15. The third-order valence-electron chi connectivity index (χ3n) is 2.66. The van der Waals surface area contributed by atoms with Gasteiger partial charge in [0.25, 0.3) is 0 Å². The molecule has 102 valence electrons. The molecule has 1 heterocycles. The summed E-state index contributed by atoms with van der Waals surface area (Å²) in [6.07, 6.45) is 4.28. The largest absolute Gasteiger partial charge is 0.356 e. The van der Waals surface area contributed by atoms with Crippen LogP contribution in [-0.2, 0) is 17.9 Å². The van der Waals surface area contributed by atoms with Crippen molar-refractivity contribution in [2.75, 3.05) is 13.1 Å². The molecule has 1 aromatic rings. The molecule has 0 atom stereocenters. The summed E-state index contributed by atoms with van der Waals surface area (Å²) < 4.78 is 2.09. The van der Waals surface area contributed by atoms with E-state index in [1.807, 2.05) is 6.20 Å². The van der Waals surface area contributed by atoms with Gasteiger partial charge < -0.3 is 15.2 Å². The first-order valence-corrected chi connectivity index (χ1v) is 6.61. The van der Waals surface area contributed by atoms with Crippen LogP contribution in [0, 0.1) is 5.92 Å². The maximum absolute atomic E-state index is 11.5. The van der Waals surface area contributed by atoms with Crippen LogP contribution in [0.15, 0.2) is 12.4 Å². The van der Waals surface area contributed by atoms with E-state index in [0.29, 0.717) is 25.4 Å². The van der Waals surface area contributed by atoms with E-state index in [4.69, 9.17) is 0 Å². The number of amides is 1. The molecule has 5 heteroatoms. The summed E-state index contributed by atoms with van der Waals surface area (Å²) in [7, 11) is 0. The summed E-state index contributed by atoms with van der Waals surface area (Å²) in [5.74, 6) is 1.62. The highest BCUT2D eigenvalue weighted by molar-refractivity contribution is 5.76. The van der Waals surface area contributed by atoms with Gasteiger partial charge in [0.15, 0.2) is 0 Å². The van der Waals surface area contributed by atoms with Gasteiger partial charge in [0, 0.05) is 38.4 Å². The Balaban J connectivity index is 2.13. The molecule has 0 unspecified atom stereocenters. The molecule has 0 saturated carbocycles. The van der Waals surface area contributed by atoms with Crippen LogP contribution in [0.1, 0.15) is 33.0 Å². The Hall–Kier alpha value is -1.36. The Morgan fingerprint density at radius 1 is 1.50 bits per heavy atom. The molecule has 0 spiro atoms.